The molecule has 0 spiro atoms. The summed E-state index contributed by atoms with van der Waals surface area (Å²) in [5.74, 6) is 0.861. The third kappa shape index (κ3) is 7.69. The molecule has 0 saturated heterocycles. The highest BCUT2D eigenvalue weighted by molar-refractivity contribution is 7.11. The molecule has 0 aliphatic heterocycles. The standard InChI is InChI=1S/C21H33N5S/c1-5-19-15-25-20(27-19)12-14-24-21(22-3)23-13-11-17(2)26(4)16-18-9-7-6-8-10-18/h6-10,15,17H,5,11-14,16H2,1-4H3,(H2,22,23,24). The zero-order chi connectivity index (χ0) is 19.5. The molecule has 5 nitrogen and oxygen atoms in total. The van der Waals surface area contributed by atoms with Gasteiger partial charge in [0.2, 0.25) is 0 Å². The molecule has 2 N–H and O–H groups in total. The van der Waals surface area contributed by atoms with E-state index in [4.69, 9.17) is 0 Å². The average Bonchev–Trinajstić information content (AvgIpc) is 3.15. The lowest BCUT2D eigenvalue weighted by atomic mass is 10.1. The Morgan fingerprint density at radius 1 is 1.22 bits per heavy atom. The molecule has 0 fully saturated rings. The Morgan fingerprint density at radius 3 is 2.63 bits per heavy atom. The van der Waals surface area contributed by atoms with Crippen LogP contribution in [0.5, 0.6) is 0 Å². The van der Waals surface area contributed by atoms with Crippen molar-refractivity contribution in [3.8, 4) is 0 Å². The smallest absolute Gasteiger partial charge is 0.190 e. The van der Waals surface area contributed by atoms with Gasteiger partial charge >= 0.3 is 0 Å². The third-order valence-electron chi connectivity index (χ3n) is 4.69. The number of hydrogen-bond acceptors (Lipinski definition) is 4. The first-order valence-electron chi connectivity index (χ1n) is 9.74. The van der Waals surface area contributed by atoms with Gasteiger partial charge in [0.1, 0.15) is 0 Å². The van der Waals surface area contributed by atoms with Gasteiger partial charge in [0, 0.05) is 50.2 Å². The van der Waals surface area contributed by atoms with Crippen molar-refractivity contribution in [2.75, 3.05) is 27.2 Å². The number of aryl methyl sites for hydroxylation is 1. The van der Waals surface area contributed by atoms with Gasteiger partial charge in [-0.25, -0.2) is 4.98 Å². The minimum atomic E-state index is 0.499. The summed E-state index contributed by atoms with van der Waals surface area (Å²) in [6.45, 7) is 7.16. The van der Waals surface area contributed by atoms with Gasteiger partial charge in [-0.1, -0.05) is 37.3 Å². The predicted molar refractivity (Wildman–Crippen MR) is 117 cm³/mol. The van der Waals surface area contributed by atoms with E-state index in [2.05, 4.69) is 76.7 Å². The van der Waals surface area contributed by atoms with Crippen molar-refractivity contribution in [2.24, 2.45) is 4.99 Å². The number of aliphatic imine (C=N–C) groups is 1. The summed E-state index contributed by atoms with van der Waals surface area (Å²) in [6.07, 6.45) is 5.05. The van der Waals surface area contributed by atoms with Crippen molar-refractivity contribution < 1.29 is 0 Å². The molecule has 6 heteroatoms. The minimum absolute atomic E-state index is 0.499. The van der Waals surface area contributed by atoms with Crippen LogP contribution >= 0.6 is 11.3 Å². The lowest BCUT2D eigenvalue weighted by Gasteiger charge is -2.25. The van der Waals surface area contributed by atoms with E-state index in [-0.39, 0.29) is 0 Å². The van der Waals surface area contributed by atoms with E-state index in [1.165, 1.54) is 15.4 Å². The summed E-state index contributed by atoms with van der Waals surface area (Å²) >= 11 is 1.80. The van der Waals surface area contributed by atoms with E-state index in [0.717, 1.165) is 44.9 Å². The van der Waals surface area contributed by atoms with Gasteiger partial charge in [-0.05, 0) is 32.4 Å². The van der Waals surface area contributed by atoms with Crippen molar-refractivity contribution in [1.29, 1.82) is 0 Å². The fourth-order valence-electron chi connectivity index (χ4n) is 2.78. The van der Waals surface area contributed by atoms with Gasteiger partial charge in [0.15, 0.2) is 5.96 Å². The maximum atomic E-state index is 4.46. The van der Waals surface area contributed by atoms with Crippen molar-refractivity contribution in [1.82, 2.24) is 20.5 Å². The molecule has 0 radical (unpaired) electrons. The number of aromatic nitrogens is 1. The van der Waals surface area contributed by atoms with Gasteiger partial charge in [-0.3, -0.25) is 9.89 Å². The molecule has 1 unspecified atom stereocenters. The van der Waals surface area contributed by atoms with Crippen LogP contribution < -0.4 is 10.6 Å². The Kier molecular flexibility index (Phi) is 9.28. The Labute approximate surface area is 167 Å². The topological polar surface area (TPSA) is 52.6 Å². The first-order chi connectivity index (χ1) is 13.1. The summed E-state index contributed by atoms with van der Waals surface area (Å²) in [7, 11) is 4.00. The molecule has 0 amide bonds. The number of thiazole rings is 1. The van der Waals surface area contributed by atoms with Crippen molar-refractivity contribution in [3.05, 3.63) is 52.0 Å². The number of nitrogens with zero attached hydrogens (tertiary/aromatic N) is 3. The Hall–Kier alpha value is -1.92. The normalized spacial score (nSPS) is 13.0. The zero-order valence-electron chi connectivity index (χ0n) is 17.0. The second-order valence-corrected chi connectivity index (χ2v) is 7.99. The Morgan fingerprint density at radius 2 is 1.96 bits per heavy atom. The van der Waals surface area contributed by atoms with E-state index >= 15 is 0 Å². The van der Waals surface area contributed by atoms with E-state index in [9.17, 15) is 0 Å². The molecule has 0 aliphatic carbocycles. The molecule has 2 rings (SSSR count). The summed E-state index contributed by atoms with van der Waals surface area (Å²) in [5, 5.41) is 7.98. The molecule has 148 valence electrons. The van der Waals surface area contributed by atoms with Gasteiger partial charge in [0.25, 0.3) is 0 Å². The molecule has 0 saturated carbocycles. The van der Waals surface area contributed by atoms with E-state index in [1.54, 1.807) is 11.3 Å². The van der Waals surface area contributed by atoms with Crippen LogP contribution in [0.25, 0.3) is 0 Å². The van der Waals surface area contributed by atoms with Crippen molar-refractivity contribution in [3.63, 3.8) is 0 Å². The molecule has 1 aromatic carbocycles. The summed E-state index contributed by atoms with van der Waals surface area (Å²) in [4.78, 5) is 12.5. The molecular formula is C21H33N5S. The predicted octanol–water partition coefficient (Wildman–Crippen LogP) is 3.32. The van der Waals surface area contributed by atoms with Crippen LogP contribution in [0.2, 0.25) is 0 Å². The highest BCUT2D eigenvalue weighted by atomic mass is 32.1. The summed E-state index contributed by atoms with van der Waals surface area (Å²) in [6, 6.07) is 11.1. The van der Waals surface area contributed by atoms with E-state index in [1.807, 2.05) is 13.2 Å². The lowest BCUT2D eigenvalue weighted by molar-refractivity contribution is 0.238. The van der Waals surface area contributed by atoms with Crippen LogP contribution in [0.1, 0.15) is 35.7 Å². The maximum absolute atomic E-state index is 4.46. The van der Waals surface area contributed by atoms with Gasteiger partial charge in [-0.2, -0.15) is 0 Å². The fraction of sp³-hybridized carbons (Fsp3) is 0.524. The van der Waals surface area contributed by atoms with Crippen LogP contribution in [-0.2, 0) is 19.4 Å². The average molecular weight is 388 g/mol. The Bertz CT molecular complexity index is 683. The maximum Gasteiger partial charge on any atom is 0.190 e. The fourth-order valence-corrected chi connectivity index (χ4v) is 3.64. The third-order valence-corrected chi connectivity index (χ3v) is 5.89. The number of guanidine groups is 1. The van der Waals surface area contributed by atoms with Crippen LogP contribution in [0.3, 0.4) is 0 Å². The number of benzene rings is 1. The van der Waals surface area contributed by atoms with Crippen LogP contribution in [-0.4, -0.2) is 49.1 Å². The van der Waals surface area contributed by atoms with Crippen molar-refractivity contribution >= 4 is 17.3 Å². The first kappa shape index (κ1) is 21.4. The lowest BCUT2D eigenvalue weighted by Crippen LogP contribution is -2.40. The van der Waals surface area contributed by atoms with Crippen LogP contribution in [0.4, 0.5) is 0 Å². The molecule has 1 aromatic heterocycles. The molecule has 0 aliphatic rings. The Balaban J connectivity index is 1.64. The van der Waals surface area contributed by atoms with Crippen LogP contribution in [0, 0.1) is 0 Å². The minimum Gasteiger partial charge on any atom is -0.356 e. The zero-order valence-corrected chi connectivity index (χ0v) is 17.9. The summed E-state index contributed by atoms with van der Waals surface area (Å²) < 4.78 is 0. The molecule has 1 atom stereocenters. The molecule has 1 heterocycles. The molecule has 0 bridgehead atoms. The molecule has 27 heavy (non-hydrogen) atoms. The quantitative estimate of drug-likeness (QED) is 0.485. The van der Waals surface area contributed by atoms with Gasteiger partial charge in [-0.15, -0.1) is 11.3 Å². The highest BCUT2D eigenvalue weighted by Gasteiger charge is 2.10. The largest absolute Gasteiger partial charge is 0.356 e. The van der Waals surface area contributed by atoms with Crippen molar-refractivity contribution in [2.45, 2.75) is 45.7 Å². The second kappa shape index (κ2) is 11.7. The van der Waals surface area contributed by atoms with E-state index < -0.39 is 0 Å². The SMILES string of the molecule is CCc1cnc(CCNC(=NC)NCCC(C)N(C)Cc2ccccc2)s1. The molecular weight excluding hydrogens is 354 g/mol. The number of rotatable bonds is 10. The second-order valence-electron chi connectivity index (χ2n) is 6.79. The highest BCUT2D eigenvalue weighted by Crippen LogP contribution is 2.13. The first-order valence-corrected chi connectivity index (χ1v) is 10.6. The molecule has 2 aromatic rings. The van der Waals surface area contributed by atoms with Gasteiger partial charge in [0.05, 0.1) is 5.01 Å². The monoisotopic (exact) mass is 387 g/mol. The van der Waals surface area contributed by atoms with E-state index in [0.29, 0.717) is 6.04 Å². The number of nitrogens with one attached hydrogen (secondary N) is 2. The van der Waals surface area contributed by atoms with Crippen LogP contribution in [0.15, 0.2) is 41.5 Å². The number of hydrogen-bond donors (Lipinski definition) is 2. The summed E-state index contributed by atoms with van der Waals surface area (Å²) in [5.41, 5.74) is 1.35. The van der Waals surface area contributed by atoms with Gasteiger partial charge < -0.3 is 10.6 Å².